The summed E-state index contributed by atoms with van der Waals surface area (Å²) in [5.41, 5.74) is 0. The lowest BCUT2D eigenvalue weighted by Crippen LogP contribution is -2.35. The van der Waals surface area contributed by atoms with Crippen LogP contribution in [0, 0.1) is 0 Å². The number of amides is 2. The van der Waals surface area contributed by atoms with Gasteiger partial charge in [0.1, 0.15) is 5.00 Å². The van der Waals surface area contributed by atoms with E-state index >= 15 is 0 Å². The third kappa shape index (κ3) is 1.70. The van der Waals surface area contributed by atoms with Crippen LogP contribution in [0.15, 0.2) is 6.20 Å². The van der Waals surface area contributed by atoms with Gasteiger partial charge in [0.15, 0.2) is 0 Å². The summed E-state index contributed by atoms with van der Waals surface area (Å²) in [6.45, 7) is 0. The van der Waals surface area contributed by atoms with Crippen molar-refractivity contribution in [2.75, 3.05) is 26.0 Å². The highest BCUT2D eigenvalue weighted by molar-refractivity contribution is 7.10. The van der Waals surface area contributed by atoms with Gasteiger partial charge in [-0.3, -0.25) is 4.90 Å². The minimum atomic E-state index is -0.0824. The molecule has 66 valence electrons. The summed E-state index contributed by atoms with van der Waals surface area (Å²) < 4.78 is 3.66. The standard InChI is InChI=1S/C6H10N4OS/c1-9(2)6(11)10(3)5-4-7-8-12-5/h4H,1-3H3. The number of carbonyl (C=O) groups is 1. The molecule has 1 heterocycles. The zero-order chi connectivity index (χ0) is 9.14. The molecule has 0 saturated carbocycles. The van der Waals surface area contributed by atoms with Crippen LogP contribution in [0.5, 0.6) is 0 Å². The van der Waals surface area contributed by atoms with Gasteiger partial charge in [0.05, 0.1) is 6.20 Å². The molecule has 0 bridgehead atoms. The lowest BCUT2D eigenvalue weighted by Gasteiger charge is -2.18. The third-order valence-corrected chi connectivity index (χ3v) is 2.09. The zero-order valence-electron chi connectivity index (χ0n) is 7.18. The van der Waals surface area contributed by atoms with Crippen LogP contribution in [-0.4, -0.2) is 41.7 Å². The molecule has 0 atom stereocenters. The molecule has 1 rings (SSSR count). The van der Waals surface area contributed by atoms with E-state index in [-0.39, 0.29) is 6.03 Å². The van der Waals surface area contributed by atoms with E-state index in [1.54, 1.807) is 27.3 Å². The number of hydrogen-bond acceptors (Lipinski definition) is 4. The molecule has 0 aliphatic carbocycles. The van der Waals surface area contributed by atoms with Gasteiger partial charge in [0.25, 0.3) is 0 Å². The van der Waals surface area contributed by atoms with E-state index in [0.717, 1.165) is 5.00 Å². The van der Waals surface area contributed by atoms with Crippen LogP contribution in [-0.2, 0) is 0 Å². The van der Waals surface area contributed by atoms with Crippen LogP contribution in [0.1, 0.15) is 0 Å². The van der Waals surface area contributed by atoms with Gasteiger partial charge in [0, 0.05) is 32.7 Å². The Morgan fingerprint density at radius 2 is 2.17 bits per heavy atom. The van der Waals surface area contributed by atoms with Crippen LogP contribution in [0.25, 0.3) is 0 Å². The lowest BCUT2D eigenvalue weighted by molar-refractivity contribution is 0.225. The molecular formula is C6H10N4OS. The summed E-state index contributed by atoms with van der Waals surface area (Å²) in [5.74, 6) is 0. The number of urea groups is 1. The molecule has 0 spiro atoms. The van der Waals surface area contributed by atoms with Gasteiger partial charge in [-0.25, -0.2) is 4.79 Å². The smallest absolute Gasteiger partial charge is 0.324 e. The second-order valence-electron chi connectivity index (χ2n) is 2.49. The molecule has 0 radical (unpaired) electrons. The van der Waals surface area contributed by atoms with E-state index < -0.39 is 0 Å². The molecule has 0 unspecified atom stereocenters. The van der Waals surface area contributed by atoms with Crippen molar-refractivity contribution in [3.8, 4) is 0 Å². The van der Waals surface area contributed by atoms with Crippen molar-refractivity contribution in [2.45, 2.75) is 0 Å². The molecule has 5 nitrogen and oxygen atoms in total. The molecule has 1 aromatic heterocycles. The van der Waals surface area contributed by atoms with Crippen LogP contribution < -0.4 is 4.90 Å². The first-order valence-corrected chi connectivity index (χ1v) is 4.12. The summed E-state index contributed by atoms with van der Waals surface area (Å²) in [5, 5.41) is 4.39. The van der Waals surface area contributed by atoms with Crippen molar-refractivity contribution in [3.05, 3.63) is 6.20 Å². The highest BCUT2D eigenvalue weighted by Gasteiger charge is 2.13. The molecule has 0 N–H and O–H groups in total. The minimum absolute atomic E-state index is 0.0824. The van der Waals surface area contributed by atoms with Crippen LogP contribution in [0.3, 0.4) is 0 Å². The molecule has 2 amide bonds. The van der Waals surface area contributed by atoms with Gasteiger partial charge >= 0.3 is 6.03 Å². The number of carbonyl (C=O) groups excluding carboxylic acids is 1. The monoisotopic (exact) mass is 186 g/mol. The fourth-order valence-corrected chi connectivity index (χ4v) is 1.18. The first-order chi connectivity index (χ1) is 5.63. The Labute approximate surface area is 74.8 Å². The van der Waals surface area contributed by atoms with Crippen LogP contribution >= 0.6 is 11.5 Å². The molecular weight excluding hydrogens is 176 g/mol. The number of aromatic nitrogens is 2. The van der Waals surface area contributed by atoms with E-state index in [2.05, 4.69) is 9.59 Å². The summed E-state index contributed by atoms with van der Waals surface area (Å²) >= 11 is 1.19. The van der Waals surface area contributed by atoms with Crippen molar-refractivity contribution in [2.24, 2.45) is 0 Å². The van der Waals surface area contributed by atoms with Gasteiger partial charge in [-0.05, 0) is 0 Å². The van der Waals surface area contributed by atoms with Crippen molar-refractivity contribution >= 4 is 22.6 Å². The van der Waals surface area contributed by atoms with E-state index in [4.69, 9.17) is 0 Å². The van der Waals surface area contributed by atoms with E-state index in [0.29, 0.717) is 0 Å². The highest BCUT2D eigenvalue weighted by atomic mass is 32.1. The second-order valence-corrected chi connectivity index (χ2v) is 3.26. The maximum atomic E-state index is 11.3. The SMILES string of the molecule is CN(C)C(=O)N(C)c1cnns1. The number of anilines is 1. The average Bonchev–Trinajstić information content (AvgIpc) is 2.53. The maximum Gasteiger partial charge on any atom is 0.324 e. The molecule has 0 aliphatic heterocycles. The van der Waals surface area contributed by atoms with Gasteiger partial charge in [-0.1, -0.05) is 4.49 Å². The van der Waals surface area contributed by atoms with Gasteiger partial charge < -0.3 is 4.90 Å². The Balaban J connectivity index is 2.72. The summed E-state index contributed by atoms with van der Waals surface area (Å²) in [7, 11) is 5.10. The summed E-state index contributed by atoms with van der Waals surface area (Å²) in [6.07, 6.45) is 1.56. The molecule has 6 heteroatoms. The normalized spacial score (nSPS) is 9.58. The number of rotatable bonds is 1. The van der Waals surface area contributed by atoms with Crippen molar-refractivity contribution in [1.82, 2.24) is 14.5 Å². The predicted molar refractivity (Wildman–Crippen MR) is 47.4 cm³/mol. The lowest BCUT2D eigenvalue weighted by atomic mass is 10.6. The highest BCUT2D eigenvalue weighted by Crippen LogP contribution is 2.15. The Bertz CT molecular complexity index is 259. The molecule has 0 aliphatic rings. The Hall–Kier alpha value is -1.17. The number of nitrogens with zero attached hydrogens (tertiary/aromatic N) is 4. The first-order valence-electron chi connectivity index (χ1n) is 3.35. The molecule has 0 fully saturated rings. The molecule has 0 saturated heterocycles. The van der Waals surface area contributed by atoms with Gasteiger partial charge in [-0.15, -0.1) is 5.10 Å². The fourth-order valence-electron chi connectivity index (χ4n) is 0.704. The summed E-state index contributed by atoms with van der Waals surface area (Å²) in [6, 6.07) is -0.0824. The maximum absolute atomic E-state index is 11.3. The number of hydrogen-bond donors (Lipinski definition) is 0. The first kappa shape index (κ1) is 8.92. The third-order valence-electron chi connectivity index (χ3n) is 1.35. The van der Waals surface area contributed by atoms with Gasteiger partial charge in [0.2, 0.25) is 0 Å². The predicted octanol–water partition coefficient (Wildman–Crippen LogP) is 0.656. The van der Waals surface area contributed by atoms with E-state index in [1.165, 1.54) is 21.3 Å². The molecule has 1 aromatic rings. The Morgan fingerprint density at radius 1 is 1.50 bits per heavy atom. The van der Waals surface area contributed by atoms with Crippen molar-refractivity contribution in [1.29, 1.82) is 0 Å². The van der Waals surface area contributed by atoms with Crippen LogP contribution in [0.4, 0.5) is 9.80 Å². The largest absolute Gasteiger partial charge is 0.330 e. The van der Waals surface area contributed by atoms with Crippen molar-refractivity contribution in [3.63, 3.8) is 0 Å². The topological polar surface area (TPSA) is 49.3 Å². The Morgan fingerprint density at radius 3 is 2.58 bits per heavy atom. The fraction of sp³-hybridized carbons (Fsp3) is 0.500. The summed E-state index contributed by atoms with van der Waals surface area (Å²) in [4.78, 5) is 14.3. The van der Waals surface area contributed by atoms with Crippen LogP contribution in [0.2, 0.25) is 0 Å². The van der Waals surface area contributed by atoms with E-state index in [9.17, 15) is 4.79 Å². The molecule has 0 aromatic carbocycles. The Kier molecular flexibility index (Phi) is 2.59. The quantitative estimate of drug-likeness (QED) is 0.647. The second kappa shape index (κ2) is 3.48. The van der Waals surface area contributed by atoms with E-state index in [1.807, 2.05) is 0 Å². The molecule has 12 heavy (non-hydrogen) atoms. The van der Waals surface area contributed by atoms with Crippen molar-refractivity contribution < 1.29 is 4.79 Å². The van der Waals surface area contributed by atoms with Gasteiger partial charge in [-0.2, -0.15) is 0 Å². The zero-order valence-corrected chi connectivity index (χ0v) is 8.00. The minimum Gasteiger partial charge on any atom is -0.330 e. The average molecular weight is 186 g/mol.